The second-order valence-corrected chi connectivity index (χ2v) is 5.94. The van der Waals surface area contributed by atoms with Gasteiger partial charge in [-0.15, -0.1) is 0 Å². The average Bonchev–Trinajstić information content (AvgIpc) is 2.55. The molecule has 0 aromatic heterocycles. The van der Waals surface area contributed by atoms with Gasteiger partial charge in [-0.2, -0.15) is 5.10 Å². The molecule has 0 atom stereocenters. The Balaban J connectivity index is 1.86. The molecule has 24 heavy (non-hydrogen) atoms. The summed E-state index contributed by atoms with van der Waals surface area (Å²) in [7, 11) is 0. The Bertz CT molecular complexity index is 758. The molecular weight excluding hydrogens is 377 g/mol. The van der Waals surface area contributed by atoms with E-state index in [0.717, 1.165) is 4.47 Å². The Morgan fingerprint density at radius 1 is 1.08 bits per heavy atom. The van der Waals surface area contributed by atoms with Crippen LogP contribution in [0.4, 0.5) is 10.1 Å². The smallest absolute Gasteiger partial charge is 0.271 e. The lowest BCUT2D eigenvalue weighted by Gasteiger charge is -2.06. The third kappa shape index (κ3) is 5.58. The third-order valence-corrected chi connectivity index (χ3v) is 3.53. The van der Waals surface area contributed by atoms with E-state index in [4.69, 9.17) is 0 Å². The Morgan fingerprint density at radius 2 is 1.71 bits per heavy atom. The first kappa shape index (κ1) is 17.8. The first-order valence-electron chi connectivity index (χ1n) is 7.08. The van der Waals surface area contributed by atoms with Crippen molar-refractivity contribution in [3.63, 3.8) is 0 Å². The van der Waals surface area contributed by atoms with Crippen molar-refractivity contribution in [1.29, 1.82) is 0 Å². The fourth-order valence-corrected chi connectivity index (χ4v) is 2.09. The summed E-state index contributed by atoms with van der Waals surface area (Å²) in [5.74, 6) is -1.13. The predicted octanol–water partition coefficient (Wildman–Crippen LogP) is 3.72. The van der Waals surface area contributed by atoms with Gasteiger partial charge in [0.15, 0.2) is 0 Å². The van der Waals surface area contributed by atoms with E-state index in [0.29, 0.717) is 11.4 Å². The van der Waals surface area contributed by atoms with Crippen LogP contribution in [0.25, 0.3) is 0 Å². The maximum atomic E-state index is 12.8. The number of rotatable bonds is 5. The molecule has 5 nitrogen and oxygen atoms in total. The highest BCUT2D eigenvalue weighted by Gasteiger charge is 2.07. The zero-order valence-corrected chi connectivity index (χ0v) is 14.4. The molecule has 0 saturated carbocycles. The standard InChI is InChI=1S/C17H15BrFN3O2/c1-11(10-16(23)20-15-8-4-13(18)5-9-15)21-22-17(24)12-2-6-14(19)7-3-12/h2-9H,10H2,1H3,(H,20,23)(H,22,24)/b21-11+. The summed E-state index contributed by atoms with van der Waals surface area (Å²) in [4.78, 5) is 23.7. The molecule has 2 aromatic carbocycles. The lowest BCUT2D eigenvalue weighted by molar-refractivity contribution is -0.115. The molecule has 0 saturated heterocycles. The summed E-state index contributed by atoms with van der Waals surface area (Å²) in [6, 6.07) is 12.3. The van der Waals surface area contributed by atoms with Crippen LogP contribution in [-0.2, 0) is 4.79 Å². The van der Waals surface area contributed by atoms with Crippen molar-refractivity contribution in [2.45, 2.75) is 13.3 Å². The van der Waals surface area contributed by atoms with Gasteiger partial charge in [0, 0.05) is 21.4 Å². The number of amides is 2. The van der Waals surface area contributed by atoms with E-state index >= 15 is 0 Å². The number of benzene rings is 2. The van der Waals surface area contributed by atoms with Gasteiger partial charge in [-0.3, -0.25) is 9.59 Å². The Labute approximate surface area is 147 Å². The van der Waals surface area contributed by atoms with Crippen LogP contribution in [-0.4, -0.2) is 17.5 Å². The Hall–Kier alpha value is -2.54. The van der Waals surface area contributed by atoms with Crippen LogP contribution < -0.4 is 10.7 Å². The van der Waals surface area contributed by atoms with E-state index in [1.54, 1.807) is 19.1 Å². The van der Waals surface area contributed by atoms with Crippen LogP contribution in [0.3, 0.4) is 0 Å². The van der Waals surface area contributed by atoms with E-state index < -0.39 is 11.7 Å². The van der Waals surface area contributed by atoms with Gasteiger partial charge in [0.05, 0.1) is 6.42 Å². The van der Waals surface area contributed by atoms with Gasteiger partial charge in [-0.25, -0.2) is 9.82 Å². The number of nitrogens with zero attached hydrogens (tertiary/aromatic N) is 1. The number of anilines is 1. The van der Waals surface area contributed by atoms with Crippen molar-refractivity contribution in [1.82, 2.24) is 5.43 Å². The van der Waals surface area contributed by atoms with Crippen LogP contribution in [0.1, 0.15) is 23.7 Å². The van der Waals surface area contributed by atoms with Gasteiger partial charge < -0.3 is 5.32 Å². The maximum absolute atomic E-state index is 12.8. The summed E-state index contributed by atoms with van der Waals surface area (Å²) >= 11 is 3.32. The predicted molar refractivity (Wildman–Crippen MR) is 94.4 cm³/mol. The second-order valence-electron chi connectivity index (χ2n) is 5.03. The molecule has 0 unspecified atom stereocenters. The lowest BCUT2D eigenvalue weighted by Crippen LogP contribution is -2.21. The van der Waals surface area contributed by atoms with Crippen LogP contribution >= 0.6 is 15.9 Å². The van der Waals surface area contributed by atoms with Crippen molar-refractivity contribution in [3.8, 4) is 0 Å². The number of hydrogen-bond acceptors (Lipinski definition) is 3. The summed E-state index contributed by atoms with van der Waals surface area (Å²) in [5, 5.41) is 6.60. The van der Waals surface area contributed by atoms with Gasteiger partial charge >= 0.3 is 0 Å². The monoisotopic (exact) mass is 391 g/mol. The zero-order chi connectivity index (χ0) is 17.5. The molecule has 2 amide bonds. The second kappa shape index (κ2) is 8.35. The number of carbonyl (C=O) groups excluding carboxylic acids is 2. The van der Waals surface area contributed by atoms with Gasteiger partial charge in [0.1, 0.15) is 5.82 Å². The number of carbonyl (C=O) groups is 2. The van der Waals surface area contributed by atoms with E-state index in [-0.39, 0.29) is 17.9 Å². The quantitative estimate of drug-likeness (QED) is 0.602. The third-order valence-electron chi connectivity index (χ3n) is 3.00. The zero-order valence-electron chi connectivity index (χ0n) is 12.8. The number of nitrogens with one attached hydrogen (secondary N) is 2. The van der Waals surface area contributed by atoms with Gasteiger partial charge in [-0.1, -0.05) is 15.9 Å². The first-order valence-corrected chi connectivity index (χ1v) is 7.88. The van der Waals surface area contributed by atoms with Crippen molar-refractivity contribution < 1.29 is 14.0 Å². The minimum absolute atomic E-state index is 0.0414. The molecule has 0 bridgehead atoms. The highest BCUT2D eigenvalue weighted by atomic mass is 79.9. The molecule has 2 aromatic rings. The number of hydrogen-bond donors (Lipinski definition) is 2. The van der Waals surface area contributed by atoms with Crippen LogP contribution in [0.2, 0.25) is 0 Å². The van der Waals surface area contributed by atoms with Gasteiger partial charge in [-0.05, 0) is 55.5 Å². The SMILES string of the molecule is C/C(CC(=O)Nc1ccc(Br)cc1)=N\NC(=O)c1ccc(F)cc1. The number of halogens is 2. The highest BCUT2D eigenvalue weighted by Crippen LogP contribution is 2.14. The summed E-state index contributed by atoms with van der Waals surface area (Å²) in [6.45, 7) is 1.63. The van der Waals surface area contributed by atoms with Gasteiger partial charge in [0.25, 0.3) is 5.91 Å². The summed E-state index contributed by atoms with van der Waals surface area (Å²) < 4.78 is 13.7. The normalized spacial score (nSPS) is 11.0. The molecule has 0 aliphatic carbocycles. The summed E-state index contributed by atoms with van der Waals surface area (Å²) in [6.07, 6.45) is 0.0414. The maximum Gasteiger partial charge on any atom is 0.271 e. The lowest BCUT2D eigenvalue weighted by atomic mass is 10.2. The molecule has 0 aliphatic rings. The topological polar surface area (TPSA) is 70.6 Å². The van der Waals surface area contributed by atoms with Crippen molar-refractivity contribution >= 4 is 39.1 Å². The Morgan fingerprint density at radius 3 is 2.33 bits per heavy atom. The molecule has 0 radical (unpaired) electrons. The van der Waals surface area contributed by atoms with Crippen molar-refractivity contribution in [2.24, 2.45) is 5.10 Å². The minimum atomic E-state index is -0.470. The van der Waals surface area contributed by atoms with Crippen LogP contribution in [0.15, 0.2) is 58.1 Å². The van der Waals surface area contributed by atoms with E-state index in [1.807, 2.05) is 12.1 Å². The molecule has 2 rings (SSSR count). The molecule has 2 N–H and O–H groups in total. The molecular formula is C17H15BrFN3O2. The fraction of sp³-hybridized carbons (Fsp3) is 0.118. The molecule has 0 aliphatic heterocycles. The van der Waals surface area contributed by atoms with Crippen molar-refractivity contribution in [3.05, 3.63) is 64.4 Å². The molecule has 124 valence electrons. The van der Waals surface area contributed by atoms with Crippen LogP contribution in [0, 0.1) is 5.82 Å². The largest absolute Gasteiger partial charge is 0.326 e. The average molecular weight is 392 g/mol. The first-order chi connectivity index (χ1) is 11.4. The van der Waals surface area contributed by atoms with E-state index in [1.165, 1.54) is 24.3 Å². The molecule has 0 fully saturated rings. The summed E-state index contributed by atoms with van der Waals surface area (Å²) in [5.41, 5.74) is 3.74. The fourth-order valence-electron chi connectivity index (χ4n) is 1.82. The van der Waals surface area contributed by atoms with Crippen LogP contribution in [0.5, 0.6) is 0 Å². The van der Waals surface area contributed by atoms with E-state index in [9.17, 15) is 14.0 Å². The minimum Gasteiger partial charge on any atom is -0.326 e. The molecule has 0 spiro atoms. The molecule has 7 heteroatoms. The van der Waals surface area contributed by atoms with E-state index in [2.05, 4.69) is 31.8 Å². The Kier molecular flexibility index (Phi) is 6.20. The number of hydrazone groups is 1. The van der Waals surface area contributed by atoms with Gasteiger partial charge in [0.2, 0.25) is 5.91 Å². The molecule has 0 heterocycles. The highest BCUT2D eigenvalue weighted by molar-refractivity contribution is 9.10. The van der Waals surface area contributed by atoms with Crippen molar-refractivity contribution in [2.75, 3.05) is 5.32 Å².